The summed E-state index contributed by atoms with van der Waals surface area (Å²) in [5.74, 6) is -0.596. The lowest BCUT2D eigenvalue weighted by atomic mass is 10.3. The van der Waals surface area contributed by atoms with E-state index < -0.39 is 35.2 Å². The fourth-order valence-electron chi connectivity index (χ4n) is 1.47. The van der Waals surface area contributed by atoms with E-state index in [1.807, 2.05) is 0 Å². The molecular weight excluding hydrogens is 325 g/mol. The Morgan fingerprint density at radius 1 is 1.27 bits per heavy atom. The molecule has 22 heavy (non-hydrogen) atoms. The molecule has 0 radical (unpaired) electrons. The maximum absolute atomic E-state index is 12.2. The van der Waals surface area contributed by atoms with Gasteiger partial charge in [-0.1, -0.05) is 0 Å². The van der Waals surface area contributed by atoms with Crippen molar-refractivity contribution in [1.29, 1.82) is 0 Å². The highest BCUT2D eigenvalue weighted by atomic mass is 32.2. The van der Waals surface area contributed by atoms with Gasteiger partial charge in [-0.05, 0) is 24.3 Å². The first kappa shape index (κ1) is 18.2. The lowest BCUT2D eigenvalue weighted by molar-refractivity contribution is -0.138. The van der Waals surface area contributed by atoms with Crippen LogP contribution in [0.5, 0.6) is 5.75 Å². The summed E-state index contributed by atoms with van der Waals surface area (Å²) in [6.45, 7) is -2.23. The first-order chi connectivity index (χ1) is 10.1. The van der Waals surface area contributed by atoms with E-state index in [0.29, 0.717) is 10.1 Å². The average Bonchev–Trinajstić information content (AvgIpc) is 2.44. The normalized spacial score (nSPS) is 12.3. The summed E-state index contributed by atoms with van der Waals surface area (Å²) in [6.07, 6.45) is -4.55. The minimum absolute atomic E-state index is 0.0978. The summed E-state index contributed by atoms with van der Waals surface area (Å²) in [4.78, 5) is 11.2. The summed E-state index contributed by atoms with van der Waals surface area (Å²) < 4.78 is 65.8. The minimum atomic E-state index is -4.55. The van der Waals surface area contributed by atoms with E-state index in [2.05, 4.69) is 0 Å². The number of amides is 1. The molecule has 0 aliphatic rings. The van der Waals surface area contributed by atoms with Crippen LogP contribution in [0.15, 0.2) is 29.2 Å². The molecule has 1 rings (SSSR count). The van der Waals surface area contributed by atoms with E-state index in [9.17, 15) is 26.4 Å². The first-order valence-electron chi connectivity index (χ1n) is 6.00. The summed E-state index contributed by atoms with van der Waals surface area (Å²) in [5.41, 5.74) is 0. The van der Waals surface area contributed by atoms with Crippen LogP contribution < -0.4 is 10.1 Å². The van der Waals surface area contributed by atoms with Crippen molar-refractivity contribution in [3.8, 4) is 5.75 Å². The van der Waals surface area contributed by atoms with Crippen LogP contribution in [0.3, 0.4) is 0 Å². The van der Waals surface area contributed by atoms with Crippen LogP contribution in [-0.2, 0) is 14.8 Å². The number of alkyl halides is 3. The number of ether oxygens (including phenoxy) is 1. The van der Waals surface area contributed by atoms with Gasteiger partial charge in [-0.3, -0.25) is 4.79 Å². The van der Waals surface area contributed by atoms with E-state index in [0.717, 1.165) is 7.05 Å². The highest BCUT2D eigenvalue weighted by Crippen LogP contribution is 2.18. The number of carbonyl (C=O) groups is 1. The molecule has 1 aromatic rings. The molecule has 0 saturated heterocycles. The number of nitrogens with zero attached hydrogens (tertiary/aromatic N) is 1. The Morgan fingerprint density at radius 3 is 2.27 bits per heavy atom. The number of hydrogen-bond acceptors (Lipinski definition) is 4. The number of rotatable bonds is 6. The van der Waals surface area contributed by atoms with E-state index >= 15 is 0 Å². The molecule has 0 aromatic heterocycles. The van der Waals surface area contributed by atoms with E-state index in [-0.39, 0.29) is 4.90 Å². The Bertz CT molecular complexity index is 614. The molecule has 1 aromatic carbocycles. The largest absolute Gasteiger partial charge is 0.497 e. The summed E-state index contributed by atoms with van der Waals surface area (Å²) in [7, 11) is -1.46. The molecule has 0 saturated carbocycles. The third-order valence-corrected chi connectivity index (χ3v) is 4.44. The topological polar surface area (TPSA) is 75.7 Å². The lowest BCUT2D eigenvalue weighted by Crippen LogP contribution is -2.41. The quantitative estimate of drug-likeness (QED) is 0.838. The standard InChI is InChI=1S/C12H15F3N2O4S/c1-17(7-11(18)16-8-12(13,14)15)22(19,20)10-5-3-9(21-2)4-6-10/h3-6H,7-8H2,1-2H3,(H,16,18). The third kappa shape index (κ3) is 5.19. The second kappa shape index (κ2) is 6.97. The van der Waals surface area contributed by atoms with Crippen molar-refractivity contribution in [3.05, 3.63) is 24.3 Å². The van der Waals surface area contributed by atoms with Crippen LogP contribution in [-0.4, -0.2) is 52.1 Å². The first-order valence-corrected chi connectivity index (χ1v) is 7.44. The van der Waals surface area contributed by atoms with Crippen molar-refractivity contribution >= 4 is 15.9 Å². The van der Waals surface area contributed by atoms with Crippen molar-refractivity contribution in [2.45, 2.75) is 11.1 Å². The zero-order chi connectivity index (χ0) is 17.0. The van der Waals surface area contributed by atoms with E-state index in [1.165, 1.54) is 31.4 Å². The number of nitrogens with one attached hydrogen (secondary N) is 1. The van der Waals surface area contributed by atoms with Crippen LogP contribution in [0.2, 0.25) is 0 Å². The molecule has 0 spiro atoms. The zero-order valence-corrected chi connectivity index (χ0v) is 12.7. The van der Waals surface area contributed by atoms with Crippen molar-refractivity contribution < 1.29 is 31.1 Å². The van der Waals surface area contributed by atoms with Crippen molar-refractivity contribution in [3.63, 3.8) is 0 Å². The molecule has 0 fully saturated rings. The van der Waals surface area contributed by atoms with Crippen LogP contribution in [0, 0.1) is 0 Å². The van der Waals surface area contributed by atoms with Gasteiger partial charge in [0.15, 0.2) is 0 Å². The monoisotopic (exact) mass is 340 g/mol. The number of methoxy groups -OCH3 is 1. The Morgan fingerprint density at radius 2 is 1.82 bits per heavy atom. The molecule has 0 aliphatic carbocycles. The number of likely N-dealkylation sites (N-methyl/N-ethyl adjacent to an activating group) is 1. The molecule has 0 bridgehead atoms. The molecule has 0 heterocycles. The van der Waals surface area contributed by atoms with Crippen LogP contribution in [0.25, 0.3) is 0 Å². The molecule has 1 N–H and O–H groups in total. The summed E-state index contributed by atoms with van der Waals surface area (Å²) >= 11 is 0. The van der Waals surface area contributed by atoms with Gasteiger partial charge in [-0.25, -0.2) is 8.42 Å². The molecule has 1 amide bonds. The molecular formula is C12H15F3N2O4S. The third-order valence-electron chi connectivity index (χ3n) is 2.62. The van der Waals surface area contributed by atoms with Gasteiger partial charge in [0.25, 0.3) is 0 Å². The van der Waals surface area contributed by atoms with Gasteiger partial charge in [0, 0.05) is 7.05 Å². The number of benzene rings is 1. The smallest absolute Gasteiger partial charge is 0.405 e. The van der Waals surface area contributed by atoms with Crippen molar-refractivity contribution in [2.75, 3.05) is 27.2 Å². The SMILES string of the molecule is COc1ccc(S(=O)(=O)N(C)CC(=O)NCC(F)(F)F)cc1. The number of hydrogen-bond donors (Lipinski definition) is 1. The molecule has 0 aliphatic heterocycles. The van der Waals surface area contributed by atoms with Crippen LogP contribution in [0.4, 0.5) is 13.2 Å². The van der Waals surface area contributed by atoms with Gasteiger partial charge < -0.3 is 10.1 Å². The number of carbonyl (C=O) groups excluding carboxylic acids is 1. The highest BCUT2D eigenvalue weighted by Gasteiger charge is 2.29. The van der Waals surface area contributed by atoms with E-state index in [1.54, 1.807) is 5.32 Å². The Balaban J connectivity index is 2.73. The molecule has 124 valence electrons. The van der Waals surface area contributed by atoms with Gasteiger partial charge in [0.2, 0.25) is 15.9 Å². The maximum Gasteiger partial charge on any atom is 0.405 e. The number of sulfonamides is 1. The predicted molar refractivity (Wildman–Crippen MR) is 71.9 cm³/mol. The van der Waals surface area contributed by atoms with Crippen LogP contribution in [0.1, 0.15) is 0 Å². The Kier molecular flexibility index (Phi) is 5.78. The minimum Gasteiger partial charge on any atom is -0.497 e. The van der Waals surface area contributed by atoms with E-state index in [4.69, 9.17) is 4.74 Å². The average molecular weight is 340 g/mol. The van der Waals surface area contributed by atoms with Crippen molar-refractivity contribution in [2.24, 2.45) is 0 Å². The van der Waals surface area contributed by atoms with Gasteiger partial charge in [-0.2, -0.15) is 17.5 Å². The predicted octanol–water partition coefficient (Wildman–Crippen LogP) is 0.994. The lowest BCUT2D eigenvalue weighted by Gasteiger charge is -2.17. The van der Waals surface area contributed by atoms with Gasteiger partial charge in [0.05, 0.1) is 18.6 Å². The van der Waals surface area contributed by atoms with Gasteiger partial charge >= 0.3 is 6.18 Å². The fourth-order valence-corrected chi connectivity index (χ4v) is 2.60. The maximum atomic E-state index is 12.2. The second-order valence-corrected chi connectivity index (χ2v) is 6.37. The van der Waals surface area contributed by atoms with Crippen molar-refractivity contribution in [1.82, 2.24) is 9.62 Å². The Hall–Kier alpha value is -1.81. The number of halogens is 3. The zero-order valence-electron chi connectivity index (χ0n) is 11.8. The molecule has 0 atom stereocenters. The second-order valence-electron chi connectivity index (χ2n) is 4.33. The highest BCUT2D eigenvalue weighted by molar-refractivity contribution is 7.89. The molecule has 0 unspecified atom stereocenters. The summed E-state index contributed by atoms with van der Waals surface area (Å²) in [5, 5.41) is 1.61. The summed E-state index contributed by atoms with van der Waals surface area (Å²) in [6, 6.07) is 5.39. The molecule has 10 heteroatoms. The van der Waals surface area contributed by atoms with Gasteiger partial charge in [0.1, 0.15) is 12.3 Å². The van der Waals surface area contributed by atoms with Gasteiger partial charge in [-0.15, -0.1) is 0 Å². The molecule has 6 nitrogen and oxygen atoms in total. The fraction of sp³-hybridized carbons (Fsp3) is 0.417. The van der Waals surface area contributed by atoms with Crippen LogP contribution >= 0.6 is 0 Å². The Labute approximate surface area is 125 Å².